The molecule has 1 aliphatic carbocycles. The van der Waals surface area contributed by atoms with Crippen LogP contribution < -0.4 is 10.1 Å². The molecule has 0 unspecified atom stereocenters. The van der Waals surface area contributed by atoms with Gasteiger partial charge in [-0.3, -0.25) is 19.6 Å². The van der Waals surface area contributed by atoms with Gasteiger partial charge in [-0.2, -0.15) is 0 Å². The Kier molecular flexibility index (Phi) is 6.12. The molecule has 0 aliphatic heterocycles. The van der Waals surface area contributed by atoms with E-state index >= 15 is 0 Å². The third kappa shape index (κ3) is 4.33. The van der Waals surface area contributed by atoms with Gasteiger partial charge in [0.2, 0.25) is 5.91 Å². The van der Waals surface area contributed by atoms with Gasteiger partial charge in [-0.05, 0) is 37.1 Å². The summed E-state index contributed by atoms with van der Waals surface area (Å²) in [6.07, 6.45) is 5.71. The number of Topliss-reactive ketones (excluding diaryl/α,β-unsaturated/α-hetero) is 1. The number of pyridine rings is 3. The van der Waals surface area contributed by atoms with Gasteiger partial charge in [-0.15, -0.1) is 5.10 Å². The highest BCUT2D eigenvalue weighted by molar-refractivity contribution is 6.36. The average molecular weight is 511 g/mol. The third-order valence-corrected chi connectivity index (χ3v) is 6.66. The first-order valence-electron chi connectivity index (χ1n) is 10.9. The highest BCUT2D eigenvalue weighted by Gasteiger charge is 2.55. The van der Waals surface area contributed by atoms with Crippen LogP contribution in [0.1, 0.15) is 40.4 Å². The Morgan fingerprint density at radius 3 is 2.57 bits per heavy atom. The molecule has 0 aromatic carbocycles. The fraction of sp³-hybridized carbons (Fsp3) is 0.250. The molecule has 0 bridgehead atoms. The van der Waals surface area contributed by atoms with Crippen LogP contribution in [0.3, 0.4) is 0 Å². The van der Waals surface area contributed by atoms with Gasteiger partial charge in [0.05, 0.1) is 29.4 Å². The van der Waals surface area contributed by atoms with Gasteiger partial charge in [-0.1, -0.05) is 29.3 Å². The molecule has 4 aromatic heterocycles. The molecular weight excluding hydrogens is 491 g/mol. The van der Waals surface area contributed by atoms with Crippen molar-refractivity contribution in [3.05, 3.63) is 81.7 Å². The first-order valence-corrected chi connectivity index (χ1v) is 11.6. The van der Waals surface area contributed by atoms with E-state index in [0.29, 0.717) is 52.2 Å². The Balaban J connectivity index is 1.46. The Morgan fingerprint density at radius 1 is 1.14 bits per heavy atom. The van der Waals surface area contributed by atoms with Crippen molar-refractivity contribution in [1.29, 1.82) is 0 Å². The third-order valence-electron chi connectivity index (χ3n) is 6.01. The minimum Gasteiger partial charge on any atom is -0.493 e. The minimum atomic E-state index is -0.857. The van der Waals surface area contributed by atoms with Gasteiger partial charge in [0.1, 0.15) is 11.1 Å². The number of nitrogens with one attached hydrogen (secondary N) is 1. The van der Waals surface area contributed by atoms with E-state index in [0.717, 1.165) is 5.69 Å². The lowest BCUT2D eigenvalue weighted by atomic mass is 10.1. The fourth-order valence-corrected chi connectivity index (χ4v) is 4.39. The molecule has 0 atom stereocenters. The maximum Gasteiger partial charge on any atom is 0.234 e. The Bertz CT molecular complexity index is 1420. The summed E-state index contributed by atoms with van der Waals surface area (Å²) in [7, 11) is 1.51. The normalized spacial score (nSPS) is 14.0. The summed E-state index contributed by atoms with van der Waals surface area (Å²) in [5.41, 5.74) is 0.995. The largest absolute Gasteiger partial charge is 0.493 e. The SMILES string of the molecule is COc1ccc(C(=O)Cc2c(Cl)cncc2Cl)n2nc(C3(C(=O)NCc4ccccn4)CC3)nc12. The highest BCUT2D eigenvalue weighted by Crippen LogP contribution is 2.47. The molecule has 0 radical (unpaired) electrons. The van der Waals surface area contributed by atoms with Crippen molar-refractivity contribution in [2.24, 2.45) is 0 Å². The lowest BCUT2D eigenvalue weighted by Crippen LogP contribution is -2.35. The Morgan fingerprint density at radius 2 is 1.91 bits per heavy atom. The number of hydrogen-bond donors (Lipinski definition) is 1. The maximum atomic E-state index is 13.2. The minimum absolute atomic E-state index is 0.0491. The fourth-order valence-electron chi connectivity index (χ4n) is 3.89. The molecule has 1 N–H and O–H groups in total. The molecule has 0 spiro atoms. The number of nitrogens with zero attached hydrogens (tertiary/aromatic N) is 5. The molecule has 1 fully saturated rings. The summed E-state index contributed by atoms with van der Waals surface area (Å²) < 4.78 is 6.86. The van der Waals surface area contributed by atoms with Gasteiger partial charge in [0.25, 0.3) is 0 Å². The number of amides is 1. The predicted molar refractivity (Wildman–Crippen MR) is 129 cm³/mol. The van der Waals surface area contributed by atoms with Gasteiger partial charge in [0, 0.05) is 30.6 Å². The summed E-state index contributed by atoms with van der Waals surface area (Å²) in [4.78, 5) is 39.1. The van der Waals surface area contributed by atoms with Crippen LogP contribution in [0.15, 0.2) is 48.9 Å². The van der Waals surface area contributed by atoms with Crippen LogP contribution in [0.25, 0.3) is 5.65 Å². The van der Waals surface area contributed by atoms with Crippen LogP contribution in [0.5, 0.6) is 5.75 Å². The molecule has 4 heterocycles. The lowest BCUT2D eigenvalue weighted by Gasteiger charge is -2.11. The number of fused-ring (bicyclic) bond motifs is 1. The number of rotatable bonds is 8. The average Bonchev–Trinajstić information content (AvgIpc) is 3.56. The number of methoxy groups -OCH3 is 1. The summed E-state index contributed by atoms with van der Waals surface area (Å²) in [6.45, 7) is 0.301. The Hall–Kier alpha value is -3.56. The van der Waals surface area contributed by atoms with Crippen molar-refractivity contribution in [3.63, 3.8) is 0 Å². The summed E-state index contributed by atoms with van der Waals surface area (Å²) >= 11 is 12.4. The summed E-state index contributed by atoms with van der Waals surface area (Å²) in [5, 5.41) is 8.13. The molecule has 4 aromatic rings. The van der Waals surface area contributed by atoms with Crippen molar-refractivity contribution in [2.75, 3.05) is 7.11 Å². The van der Waals surface area contributed by atoms with E-state index < -0.39 is 5.41 Å². The van der Waals surface area contributed by atoms with E-state index in [1.807, 2.05) is 18.2 Å². The topological polar surface area (TPSA) is 111 Å². The van der Waals surface area contributed by atoms with Crippen molar-refractivity contribution >= 4 is 40.5 Å². The van der Waals surface area contributed by atoms with E-state index in [4.69, 9.17) is 27.9 Å². The number of ketones is 1. The van der Waals surface area contributed by atoms with Gasteiger partial charge < -0.3 is 10.1 Å². The van der Waals surface area contributed by atoms with Crippen LogP contribution in [-0.4, -0.2) is 43.4 Å². The second-order valence-corrected chi connectivity index (χ2v) is 9.04. The quantitative estimate of drug-likeness (QED) is 0.360. The van der Waals surface area contributed by atoms with E-state index in [-0.39, 0.29) is 23.8 Å². The molecule has 1 amide bonds. The van der Waals surface area contributed by atoms with Crippen LogP contribution in [0, 0.1) is 0 Å². The molecule has 1 saturated carbocycles. The molecule has 0 saturated heterocycles. The molecule has 9 nitrogen and oxygen atoms in total. The zero-order valence-corrected chi connectivity index (χ0v) is 20.2. The predicted octanol–water partition coefficient (Wildman–Crippen LogP) is 3.61. The molecule has 11 heteroatoms. The van der Waals surface area contributed by atoms with E-state index in [2.05, 4.69) is 25.4 Å². The number of halogens is 2. The van der Waals surface area contributed by atoms with Crippen molar-refractivity contribution in [3.8, 4) is 5.75 Å². The van der Waals surface area contributed by atoms with Crippen molar-refractivity contribution in [1.82, 2.24) is 29.9 Å². The van der Waals surface area contributed by atoms with Crippen LogP contribution >= 0.6 is 23.2 Å². The smallest absolute Gasteiger partial charge is 0.234 e. The van der Waals surface area contributed by atoms with Crippen LogP contribution in [0.4, 0.5) is 0 Å². The van der Waals surface area contributed by atoms with Crippen molar-refractivity contribution in [2.45, 2.75) is 31.2 Å². The Labute approximate surface area is 210 Å². The zero-order chi connectivity index (χ0) is 24.6. The van der Waals surface area contributed by atoms with Gasteiger partial charge in [-0.25, -0.2) is 9.50 Å². The van der Waals surface area contributed by atoms with Gasteiger partial charge >= 0.3 is 0 Å². The number of carbonyl (C=O) groups is 2. The second-order valence-electron chi connectivity index (χ2n) is 8.23. The highest BCUT2D eigenvalue weighted by atomic mass is 35.5. The lowest BCUT2D eigenvalue weighted by molar-refractivity contribution is -0.123. The van der Waals surface area contributed by atoms with E-state index in [9.17, 15) is 9.59 Å². The number of hydrogen-bond acceptors (Lipinski definition) is 7. The second kappa shape index (κ2) is 9.24. The summed E-state index contributed by atoms with van der Waals surface area (Å²) in [5.74, 6) is 0.328. The van der Waals surface area contributed by atoms with E-state index in [1.54, 1.807) is 18.3 Å². The maximum absolute atomic E-state index is 13.2. The summed E-state index contributed by atoms with van der Waals surface area (Å²) in [6, 6.07) is 8.78. The van der Waals surface area contributed by atoms with E-state index in [1.165, 1.54) is 24.0 Å². The number of carbonyl (C=O) groups excluding carboxylic acids is 2. The monoisotopic (exact) mass is 510 g/mol. The van der Waals surface area contributed by atoms with Crippen LogP contribution in [0.2, 0.25) is 10.0 Å². The number of aromatic nitrogens is 5. The molecule has 1 aliphatic rings. The first kappa shape index (κ1) is 23.2. The molecular formula is C24H20Cl2N6O3. The zero-order valence-electron chi connectivity index (χ0n) is 18.7. The molecule has 178 valence electrons. The standard InChI is InChI=1S/C24H20Cl2N6O3/c1-35-20-6-5-18(19(33)10-15-16(25)12-27-13-17(15)26)32-21(20)30-22(31-32)24(7-8-24)23(34)29-11-14-4-2-3-9-28-14/h2-6,9,12-13H,7-8,10-11H2,1H3,(H,29,34). The van der Waals surface area contributed by atoms with Crippen LogP contribution in [-0.2, 0) is 23.2 Å². The van der Waals surface area contributed by atoms with Crippen molar-refractivity contribution < 1.29 is 14.3 Å². The number of ether oxygens (including phenoxy) is 1. The molecule has 35 heavy (non-hydrogen) atoms. The van der Waals surface area contributed by atoms with Gasteiger partial charge in [0.15, 0.2) is 23.0 Å². The molecule has 5 rings (SSSR count). The first-order chi connectivity index (χ1) is 16.9.